The van der Waals surface area contributed by atoms with Gasteiger partial charge in [-0.15, -0.1) is 0 Å². The molecule has 134 valence electrons. The van der Waals surface area contributed by atoms with Gasteiger partial charge in [0.05, 0.1) is 0 Å². The van der Waals surface area contributed by atoms with Crippen LogP contribution in [0.3, 0.4) is 0 Å². The van der Waals surface area contributed by atoms with E-state index in [1.807, 2.05) is 7.05 Å². The highest BCUT2D eigenvalue weighted by molar-refractivity contribution is 5.79. The summed E-state index contributed by atoms with van der Waals surface area (Å²) >= 11 is 0. The summed E-state index contributed by atoms with van der Waals surface area (Å²) < 4.78 is 5.65. The average molecular weight is 326 g/mol. The molecular weight excluding hydrogens is 290 g/mol. The lowest BCUT2D eigenvalue weighted by atomic mass is 10.2. The van der Waals surface area contributed by atoms with Crippen LogP contribution in [0.15, 0.2) is 4.99 Å². The fourth-order valence-electron chi connectivity index (χ4n) is 2.77. The van der Waals surface area contributed by atoms with Crippen molar-refractivity contribution in [2.24, 2.45) is 10.9 Å². The normalized spacial score (nSPS) is 22.1. The summed E-state index contributed by atoms with van der Waals surface area (Å²) in [6.07, 6.45) is 3.75. The van der Waals surface area contributed by atoms with Gasteiger partial charge in [0.25, 0.3) is 0 Å². The standard InChI is InChI=1S/C17H35N5O/c1-15(22-10-8-21(3)9-11-22)13-20-17(18-2)19-7-4-12-23-14-16-5-6-16/h15-16H,4-14H2,1-3H3,(H2,18,19,20). The first-order chi connectivity index (χ1) is 11.2. The van der Waals surface area contributed by atoms with Gasteiger partial charge in [0, 0.05) is 65.6 Å². The van der Waals surface area contributed by atoms with Crippen LogP contribution in [-0.4, -0.2) is 88.4 Å². The highest BCUT2D eigenvalue weighted by Crippen LogP contribution is 2.28. The van der Waals surface area contributed by atoms with E-state index in [-0.39, 0.29) is 0 Å². The molecule has 0 spiro atoms. The van der Waals surface area contributed by atoms with Gasteiger partial charge in [-0.25, -0.2) is 0 Å². The molecule has 2 rings (SSSR count). The number of guanidine groups is 1. The predicted molar refractivity (Wildman–Crippen MR) is 96.1 cm³/mol. The lowest BCUT2D eigenvalue weighted by Gasteiger charge is -2.36. The molecule has 6 nitrogen and oxygen atoms in total. The Balaban J connectivity index is 1.51. The third kappa shape index (κ3) is 7.50. The minimum atomic E-state index is 0.532. The molecule has 0 radical (unpaired) electrons. The van der Waals surface area contributed by atoms with E-state index in [0.717, 1.165) is 70.8 Å². The van der Waals surface area contributed by atoms with E-state index in [9.17, 15) is 0 Å². The number of likely N-dealkylation sites (N-methyl/N-ethyl adjacent to an activating group) is 1. The molecule has 23 heavy (non-hydrogen) atoms. The molecule has 0 bridgehead atoms. The Bertz CT molecular complexity index is 351. The quantitative estimate of drug-likeness (QED) is 0.369. The second-order valence-electron chi connectivity index (χ2n) is 6.94. The number of piperazine rings is 1. The molecule has 1 unspecified atom stereocenters. The lowest BCUT2D eigenvalue weighted by molar-refractivity contribution is 0.119. The fraction of sp³-hybridized carbons (Fsp3) is 0.941. The molecule has 6 heteroatoms. The molecule has 1 saturated carbocycles. The molecule has 2 aliphatic rings. The summed E-state index contributed by atoms with van der Waals surface area (Å²) in [5, 5.41) is 6.81. The highest BCUT2D eigenvalue weighted by atomic mass is 16.5. The van der Waals surface area contributed by atoms with Crippen molar-refractivity contribution in [3.05, 3.63) is 0 Å². The second-order valence-corrected chi connectivity index (χ2v) is 6.94. The van der Waals surface area contributed by atoms with Crippen LogP contribution in [0.4, 0.5) is 0 Å². The van der Waals surface area contributed by atoms with Gasteiger partial charge < -0.3 is 20.3 Å². The van der Waals surface area contributed by atoms with Gasteiger partial charge >= 0.3 is 0 Å². The molecule has 1 heterocycles. The molecule has 2 N–H and O–H groups in total. The van der Waals surface area contributed by atoms with E-state index in [0.29, 0.717) is 6.04 Å². The van der Waals surface area contributed by atoms with Gasteiger partial charge in [0.2, 0.25) is 0 Å². The predicted octanol–water partition coefficient (Wildman–Crippen LogP) is 0.604. The molecule has 0 aromatic heterocycles. The number of ether oxygens (including phenoxy) is 1. The minimum absolute atomic E-state index is 0.532. The number of hydrogen-bond acceptors (Lipinski definition) is 4. The molecule has 2 fully saturated rings. The maximum atomic E-state index is 5.65. The van der Waals surface area contributed by atoms with E-state index in [1.54, 1.807) is 0 Å². The number of aliphatic imine (C=N–C) groups is 1. The third-order valence-corrected chi connectivity index (χ3v) is 4.76. The summed E-state index contributed by atoms with van der Waals surface area (Å²) in [5.74, 6) is 1.75. The Morgan fingerprint density at radius 2 is 1.96 bits per heavy atom. The molecule has 1 saturated heterocycles. The summed E-state index contributed by atoms with van der Waals surface area (Å²) in [6.45, 7) is 10.6. The molecule has 0 aromatic rings. The van der Waals surface area contributed by atoms with E-state index < -0.39 is 0 Å². The topological polar surface area (TPSA) is 52.1 Å². The number of nitrogens with one attached hydrogen (secondary N) is 2. The van der Waals surface area contributed by atoms with Crippen molar-refractivity contribution in [2.45, 2.75) is 32.2 Å². The Morgan fingerprint density at radius 1 is 1.22 bits per heavy atom. The Kier molecular flexibility index (Phi) is 8.12. The van der Waals surface area contributed by atoms with Crippen molar-refractivity contribution < 1.29 is 4.74 Å². The van der Waals surface area contributed by atoms with E-state index in [4.69, 9.17) is 4.74 Å². The van der Waals surface area contributed by atoms with Gasteiger partial charge in [0.15, 0.2) is 5.96 Å². The van der Waals surface area contributed by atoms with Crippen molar-refractivity contribution in [2.75, 3.05) is 66.6 Å². The monoisotopic (exact) mass is 325 g/mol. The molecule has 1 aliphatic carbocycles. The molecule has 0 amide bonds. The average Bonchev–Trinajstić information content (AvgIpc) is 3.38. The van der Waals surface area contributed by atoms with Gasteiger partial charge in [-0.05, 0) is 39.2 Å². The SMILES string of the molecule is CN=C(NCCCOCC1CC1)NCC(C)N1CCN(C)CC1. The maximum absolute atomic E-state index is 5.65. The first-order valence-corrected chi connectivity index (χ1v) is 9.14. The number of nitrogens with zero attached hydrogens (tertiary/aromatic N) is 3. The zero-order valence-electron chi connectivity index (χ0n) is 15.2. The van der Waals surface area contributed by atoms with Crippen molar-refractivity contribution in [1.82, 2.24) is 20.4 Å². The molecule has 1 aliphatic heterocycles. The van der Waals surface area contributed by atoms with Crippen molar-refractivity contribution >= 4 is 5.96 Å². The fourth-order valence-corrected chi connectivity index (χ4v) is 2.77. The smallest absolute Gasteiger partial charge is 0.191 e. The summed E-state index contributed by atoms with van der Waals surface area (Å²) in [5.41, 5.74) is 0. The molecular formula is C17H35N5O. The number of hydrogen-bond donors (Lipinski definition) is 2. The van der Waals surface area contributed by atoms with Crippen LogP contribution >= 0.6 is 0 Å². The van der Waals surface area contributed by atoms with Gasteiger partial charge in [-0.1, -0.05) is 0 Å². The zero-order chi connectivity index (χ0) is 16.5. The second kappa shape index (κ2) is 10.1. The highest BCUT2D eigenvalue weighted by Gasteiger charge is 2.21. The molecule has 0 aromatic carbocycles. The van der Waals surface area contributed by atoms with Crippen LogP contribution in [-0.2, 0) is 4.74 Å². The third-order valence-electron chi connectivity index (χ3n) is 4.76. The van der Waals surface area contributed by atoms with Crippen LogP contribution < -0.4 is 10.6 Å². The zero-order valence-corrected chi connectivity index (χ0v) is 15.2. The summed E-state index contributed by atoms with van der Waals surface area (Å²) in [4.78, 5) is 9.24. The van der Waals surface area contributed by atoms with Crippen molar-refractivity contribution in [3.8, 4) is 0 Å². The van der Waals surface area contributed by atoms with E-state index in [2.05, 4.69) is 39.4 Å². The van der Waals surface area contributed by atoms with Crippen LogP contribution in [0.5, 0.6) is 0 Å². The summed E-state index contributed by atoms with van der Waals surface area (Å²) in [6, 6.07) is 0.532. The van der Waals surface area contributed by atoms with Gasteiger partial charge in [0.1, 0.15) is 0 Å². The first kappa shape index (κ1) is 18.5. The Hall–Kier alpha value is -0.850. The first-order valence-electron chi connectivity index (χ1n) is 9.14. The van der Waals surface area contributed by atoms with Gasteiger partial charge in [-0.2, -0.15) is 0 Å². The van der Waals surface area contributed by atoms with Crippen LogP contribution in [0.2, 0.25) is 0 Å². The Labute approximate surface area is 141 Å². The number of rotatable bonds is 9. The lowest BCUT2D eigenvalue weighted by Crippen LogP contribution is -2.52. The molecule has 1 atom stereocenters. The Morgan fingerprint density at radius 3 is 2.61 bits per heavy atom. The van der Waals surface area contributed by atoms with E-state index in [1.165, 1.54) is 12.8 Å². The maximum Gasteiger partial charge on any atom is 0.191 e. The van der Waals surface area contributed by atoms with Gasteiger partial charge in [-0.3, -0.25) is 9.89 Å². The van der Waals surface area contributed by atoms with Crippen LogP contribution in [0.25, 0.3) is 0 Å². The van der Waals surface area contributed by atoms with Crippen LogP contribution in [0, 0.1) is 5.92 Å². The minimum Gasteiger partial charge on any atom is -0.381 e. The van der Waals surface area contributed by atoms with Crippen LogP contribution in [0.1, 0.15) is 26.2 Å². The largest absolute Gasteiger partial charge is 0.381 e. The summed E-state index contributed by atoms with van der Waals surface area (Å²) in [7, 11) is 4.03. The van der Waals surface area contributed by atoms with Crippen molar-refractivity contribution in [1.29, 1.82) is 0 Å². The van der Waals surface area contributed by atoms with E-state index >= 15 is 0 Å². The van der Waals surface area contributed by atoms with Crippen molar-refractivity contribution in [3.63, 3.8) is 0 Å².